The smallest absolute Gasteiger partial charge is 0.379 e. The van der Waals surface area contributed by atoms with Crippen molar-refractivity contribution >= 4 is 5.52 Å². The number of azo groups is 1. The fourth-order valence-corrected chi connectivity index (χ4v) is 7.03. The van der Waals surface area contributed by atoms with Gasteiger partial charge < -0.3 is 4.74 Å². The largest absolute Gasteiger partial charge is 0.418 e. The van der Waals surface area contributed by atoms with Gasteiger partial charge in [0.2, 0.25) is 0 Å². The van der Waals surface area contributed by atoms with Gasteiger partial charge in [0.25, 0.3) is 0 Å². The number of aromatic nitrogens is 2. The normalized spacial score (nSPS) is 26.6. The van der Waals surface area contributed by atoms with Gasteiger partial charge in [0, 0.05) is 38.5 Å². The molecule has 1 saturated carbocycles. The summed E-state index contributed by atoms with van der Waals surface area (Å²) in [5, 5.41) is 8.66. The zero-order valence-electron chi connectivity index (χ0n) is 24.6. The van der Waals surface area contributed by atoms with Crippen LogP contribution in [0.3, 0.4) is 0 Å². The molecule has 1 saturated heterocycles. The van der Waals surface area contributed by atoms with E-state index in [1.54, 1.807) is 19.4 Å². The van der Waals surface area contributed by atoms with Crippen molar-refractivity contribution in [2.75, 3.05) is 33.9 Å². The Balaban J connectivity index is 1.39. The predicted molar refractivity (Wildman–Crippen MR) is 153 cm³/mol. The Bertz CT molecular complexity index is 1540. The fourth-order valence-electron chi connectivity index (χ4n) is 7.03. The molecule has 42 heavy (non-hydrogen) atoms. The van der Waals surface area contributed by atoms with Gasteiger partial charge in [-0.3, -0.25) is 18.8 Å². The number of hydrogen-bond acceptors (Lipinski definition) is 6. The Kier molecular flexibility index (Phi) is 7.55. The highest BCUT2D eigenvalue weighted by Crippen LogP contribution is 2.52. The molecule has 1 radical (unpaired) electrons. The Morgan fingerprint density at radius 1 is 1.19 bits per heavy atom. The van der Waals surface area contributed by atoms with Gasteiger partial charge in [-0.05, 0) is 87.4 Å². The van der Waals surface area contributed by atoms with Crippen LogP contribution in [0.1, 0.15) is 62.1 Å². The van der Waals surface area contributed by atoms with E-state index in [2.05, 4.69) is 29.0 Å². The second kappa shape index (κ2) is 10.9. The molecule has 2 aliphatic heterocycles. The topological polar surface area (TPSA) is 66.8 Å². The maximum Gasteiger partial charge on any atom is 0.418 e. The van der Waals surface area contributed by atoms with E-state index >= 15 is 0 Å². The summed E-state index contributed by atoms with van der Waals surface area (Å²) in [5.41, 5.74) is 0.248. The Hall–Kier alpha value is -3.02. The number of benzene rings is 1. The summed E-state index contributed by atoms with van der Waals surface area (Å²) in [6.07, 6.45) is 2.95. The molecule has 0 amide bonds. The van der Waals surface area contributed by atoms with Crippen LogP contribution in [0.2, 0.25) is 0 Å². The van der Waals surface area contributed by atoms with E-state index in [0.717, 1.165) is 54.9 Å². The number of alkyl halides is 3. The van der Waals surface area contributed by atoms with E-state index in [1.807, 2.05) is 30.1 Å². The van der Waals surface area contributed by atoms with E-state index in [-0.39, 0.29) is 23.0 Å². The summed E-state index contributed by atoms with van der Waals surface area (Å²) < 4.78 is 51.1. The number of pyridine rings is 1. The number of rotatable bonds is 7. The molecular formula is C31H38F3N6O2. The summed E-state index contributed by atoms with van der Waals surface area (Å²) in [5.74, 6) is 0.666. The number of hydrogen-bond donors (Lipinski definition) is 0. The lowest BCUT2D eigenvalue weighted by Crippen LogP contribution is -2.47. The molecule has 225 valence electrons. The number of methoxy groups -OCH3 is 1. The minimum atomic E-state index is -4.60. The van der Waals surface area contributed by atoms with Gasteiger partial charge in [0.05, 0.1) is 22.4 Å². The summed E-state index contributed by atoms with van der Waals surface area (Å²) in [6.45, 7) is 6.77. The van der Waals surface area contributed by atoms with Crippen molar-refractivity contribution in [3.05, 3.63) is 76.1 Å². The molecule has 0 unspecified atom stereocenters. The number of nitrogens with zero attached hydrogens (tertiary/aromatic N) is 6. The van der Waals surface area contributed by atoms with E-state index < -0.39 is 17.4 Å². The number of piperidine rings is 1. The highest BCUT2D eigenvalue weighted by Gasteiger charge is 2.49. The maximum atomic E-state index is 14.3. The van der Waals surface area contributed by atoms with Crippen molar-refractivity contribution in [2.45, 2.75) is 63.8 Å². The van der Waals surface area contributed by atoms with Crippen molar-refractivity contribution in [3.8, 4) is 5.69 Å². The third-order valence-corrected chi connectivity index (χ3v) is 9.25. The first-order valence-electron chi connectivity index (χ1n) is 14.6. The quantitative estimate of drug-likeness (QED) is 0.338. The number of likely N-dealkylation sites (tertiary alicyclic amines) is 1. The van der Waals surface area contributed by atoms with Crippen LogP contribution >= 0.6 is 0 Å². The van der Waals surface area contributed by atoms with Crippen LogP contribution in [0.25, 0.3) is 11.2 Å². The van der Waals surface area contributed by atoms with Crippen LogP contribution < -0.4 is 5.69 Å². The van der Waals surface area contributed by atoms with E-state index in [0.29, 0.717) is 30.4 Å². The van der Waals surface area contributed by atoms with Gasteiger partial charge in [-0.2, -0.15) is 23.4 Å². The summed E-state index contributed by atoms with van der Waals surface area (Å²) >= 11 is 0. The van der Waals surface area contributed by atoms with Gasteiger partial charge in [0.1, 0.15) is 6.67 Å². The number of fused-ring (bicyclic) bond motifs is 1. The number of likely N-dealkylation sites (N-methyl/N-ethyl adjacent to an activating group) is 1. The van der Waals surface area contributed by atoms with Crippen LogP contribution in [-0.4, -0.2) is 58.3 Å². The highest BCUT2D eigenvalue weighted by atomic mass is 19.4. The molecule has 1 aromatic carbocycles. The first-order valence-corrected chi connectivity index (χ1v) is 14.6. The van der Waals surface area contributed by atoms with Gasteiger partial charge in [-0.15, -0.1) is 0 Å². The molecule has 0 spiro atoms. The molecule has 3 aromatic rings. The second-order valence-corrected chi connectivity index (χ2v) is 12.6. The average Bonchev–Trinajstić information content (AvgIpc) is 3.50. The minimum absolute atomic E-state index is 0.0820. The molecule has 2 atom stereocenters. The average molecular weight is 584 g/mol. The number of halogens is 3. The SMILES string of the molecule is COC1(C)CC([C@H]([C]2N=NCN2C)c2cccc(-n3cc4c(C(F)(F)F)cc(CN5CCC[C@H](C)C5)cn4c3=O)c2)C1. The lowest BCUT2D eigenvalue weighted by molar-refractivity contribution is -0.136. The third-order valence-electron chi connectivity index (χ3n) is 9.25. The van der Waals surface area contributed by atoms with Crippen molar-refractivity contribution < 1.29 is 17.9 Å². The molecule has 0 bridgehead atoms. The predicted octanol–water partition coefficient (Wildman–Crippen LogP) is 6.08. The monoisotopic (exact) mass is 583 g/mol. The Labute approximate surface area is 243 Å². The summed E-state index contributed by atoms with van der Waals surface area (Å²) in [6, 6.07) is 8.69. The summed E-state index contributed by atoms with van der Waals surface area (Å²) in [4.78, 5) is 17.9. The molecular weight excluding hydrogens is 545 g/mol. The Morgan fingerprint density at radius 2 is 1.98 bits per heavy atom. The molecule has 2 aromatic heterocycles. The van der Waals surface area contributed by atoms with Gasteiger partial charge in [-0.1, -0.05) is 19.1 Å². The van der Waals surface area contributed by atoms with Crippen LogP contribution in [0, 0.1) is 18.0 Å². The molecule has 4 heterocycles. The van der Waals surface area contributed by atoms with Crippen molar-refractivity contribution in [3.63, 3.8) is 0 Å². The standard InChI is InChI=1S/C31H38F3N6O2/c1-20-7-6-10-38(15-20)16-21-11-25(31(32,33)34)26-18-39(29(41)40(26)17-21)24-9-5-8-22(12-24)27(28-36-35-19-37(28)3)23-13-30(2,14-23)42-4/h5,8-9,11-12,17-18,20,23,27H,6-7,10,13-16,19H2,1-4H3/t20-,23?,27+,30?/m0/s1. The van der Waals surface area contributed by atoms with Crippen molar-refractivity contribution in [1.29, 1.82) is 0 Å². The second-order valence-electron chi connectivity index (χ2n) is 12.6. The zero-order valence-corrected chi connectivity index (χ0v) is 24.6. The number of imidazole rings is 1. The molecule has 0 N–H and O–H groups in total. The maximum absolute atomic E-state index is 14.3. The van der Waals surface area contributed by atoms with Gasteiger partial charge >= 0.3 is 11.9 Å². The fraction of sp³-hybridized carbons (Fsp3) is 0.548. The highest BCUT2D eigenvalue weighted by molar-refractivity contribution is 5.58. The molecule has 2 fully saturated rings. The minimum Gasteiger partial charge on any atom is -0.379 e. The molecule has 11 heteroatoms. The van der Waals surface area contributed by atoms with E-state index in [4.69, 9.17) is 4.74 Å². The van der Waals surface area contributed by atoms with E-state index in [1.165, 1.54) is 16.8 Å². The van der Waals surface area contributed by atoms with Crippen molar-refractivity contribution in [1.82, 2.24) is 18.8 Å². The Morgan fingerprint density at radius 3 is 2.64 bits per heavy atom. The van der Waals surface area contributed by atoms with Gasteiger partial charge in [-0.25, -0.2) is 4.79 Å². The molecule has 3 aliphatic rings. The third kappa shape index (κ3) is 5.42. The lowest BCUT2D eigenvalue weighted by Gasteiger charge is -2.48. The summed E-state index contributed by atoms with van der Waals surface area (Å²) in [7, 11) is 3.67. The molecule has 8 nitrogen and oxygen atoms in total. The van der Waals surface area contributed by atoms with Crippen LogP contribution in [0.15, 0.2) is 57.7 Å². The first-order chi connectivity index (χ1) is 20.0. The lowest BCUT2D eigenvalue weighted by atomic mass is 9.63. The molecule has 6 rings (SSSR count). The van der Waals surface area contributed by atoms with E-state index in [9.17, 15) is 18.0 Å². The van der Waals surface area contributed by atoms with Crippen molar-refractivity contribution in [2.24, 2.45) is 22.1 Å². The number of ether oxygens (including phenoxy) is 1. The first kappa shape index (κ1) is 29.1. The zero-order chi connectivity index (χ0) is 29.8. The van der Waals surface area contributed by atoms with Gasteiger partial charge in [0.15, 0.2) is 6.17 Å². The van der Waals surface area contributed by atoms with Crippen LogP contribution in [0.5, 0.6) is 0 Å². The molecule has 1 aliphatic carbocycles. The van der Waals surface area contributed by atoms with Crippen LogP contribution in [0.4, 0.5) is 13.2 Å². The van der Waals surface area contributed by atoms with Crippen LogP contribution in [-0.2, 0) is 17.5 Å².